The topological polar surface area (TPSA) is 13.1 Å². The molecule has 1 nitrogen and oxygen atoms in total. The zero-order chi connectivity index (χ0) is 37.9. The average molecular weight is 753 g/mol. The molecule has 268 valence electrons. The van der Waals surface area contributed by atoms with Crippen molar-refractivity contribution in [2.24, 2.45) is 0 Å². The lowest BCUT2D eigenvalue weighted by Crippen LogP contribution is -1.91. The van der Waals surface area contributed by atoms with E-state index in [9.17, 15) is 0 Å². The smallest absolute Gasteiger partial charge is 0.143 e. The molecular formula is C56H32OS. The maximum absolute atomic E-state index is 6.62. The Morgan fingerprint density at radius 3 is 1.52 bits per heavy atom. The van der Waals surface area contributed by atoms with Crippen molar-refractivity contribution in [1.29, 1.82) is 0 Å². The van der Waals surface area contributed by atoms with Crippen LogP contribution in [-0.2, 0) is 0 Å². The van der Waals surface area contributed by atoms with Gasteiger partial charge in [-0.25, -0.2) is 0 Å². The van der Waals surface area contributed by atoms with Crippen LogP contribution in [0.5, 0.6) is 0 Å². The van der Waals surface area contributed by atoms with E-state index in [-0.39, 0.29) is 0 Å². The van der Waals surface area contributed by atoms with Gasteiger partial charge in [0.05, 0.1) is 0 Å². The molecule has 0 bridgehead atoms. The van der Waals surface area contributed by atoms with Gasteiger partial charge in [-0.2, -0.15) is 0 Å². The Hall–Kier alpha value is -7.26. The predicted octanol–water partition coefficient (Wildman–Crippen LogP) is 16.7. The largest absolute Gasteiger partial charge is 0.455 e. The minimum atomic E-state index is 0.918. The second-order valence-corrected chi connectivity index (χ2v) is 16.6. The number of thiophene rings is 1. The highest BCUT2D eigenvalue weighted by atomic mass is 32.1. The molecule has 0 saturated carbocycles. The van der Waals surface area contributed by atoms with Crippen molar-refractivity contribution in [2.75, 3.05) is 0 Å². The summed E-state index contributed by atoms with van der Waals surface area (Å²) in [5.41, 5.74) is 9.38. The van der Waals surface area contributed by atoms with Crippen LogP contribution < -0.4 is 0 Å². The van der Waals surface area contributed by atoms with E-state index in [1.54, 1.807) is 0 Å². The van der Waals surface area contributed by atoms with E-state index in [1.165, 1.54) is 107 Å². The van der Waals surface area contributed by atoms with Crippen LogP contribution in [0.4, 0.5) is 0 Å². The van der Waals surface area contributed by atoms with Crippen LogP contribution in [0.15, 0.2) is 199 Å². The highest BCUT2D eigenvalue weighted by Gasteiger charge is 2.20. The maximum atomic E-state index is 6.62. The first kappa shape index (κ1) is 31.9. The Kier molecular flexibility index (Phi) is 6.66. The van der Waals surface area contributed by atoms with Gasteiger partial charge in [0.1, 0.15) is 11.2 Å². The monoisotopic (exact) mass is 752 g/mol. The number of benzene rings is 11. The zero-order valence-corrected chi connectivity index (χ0v) is 32.1. The van der Waals surface area contributed by atoms with E-state index >= 15 is 0 Å². The van der Waals surface area contributed by atoms with E-state index in [2.05, 4.69) is 194 Å². The maximum Gasteiger partial charge on any atom is 0.143 e. The molecule has 0 atom stereocenters. The fourth-order valence-electron chi connectivity index (χ4n) is 9.87. The fourth-order valence-corrected chi connectivity index (χ4v) is 11.1. The normalized spacial score (nSPS) is 12.1. The third-order valence-corrected chi connectivity index (χ3v) is 13.5. The number of rotatable bonds is 3. The summed E-state index contributed by atoms with van der Waals surface area (Å²) < 4.78 is 9.21. The van der Waals surface area contributed by atoms with Crippen LogP contribution in [0, 0.1) is 0 Å². The molecule has 0 aliphatic rings. The number of hydrogen-bond donors (Lipinski definition) is 0. The number of hydrogen-bond acceptors (Lipinski definition) is 2. The van der Waals surface area contributed by atoms with Crippen molar-refractivity contribution < 1.29 is 4.42 Å². The molecule has 13 rings (SSSR count). The highest BCUT2D eigenvalue weighted by Crippen LogP contribution is 2.47. The second kappa shape index (κ2) is 12.1. The van der Waals surface area contributed by atoms with Gasteiger partial charge in [0.15, 0.2) is 0 Å². The average Bonchev–Trinajstić information content (AvgIpc) is 3.86. The molecule has 0 spiro atoms. The quantitative estimate of drug-likeness (QED) is 0.129. The lowest BCUT2D eigenvalue weighted by molar-refractivity contribution is 0.673. The summed E-state index contributed by atoms with van der Waals surface area (Å²) in [4.78, 5) is 0. The molecule has 2 aromatic heterocycles. The van der Waals surface area contributed by atoms with Gasteiger partial charge in [0.25, 0.3) is 0 Å². The van der Waals surface area contributed by atoms with E-state index in [4.69, 9.17) is 4.42 Å². The molecule has 11 aromatic carbocycles. The number of fused-ring (bicyclic) bond motifs is 14. The molecule has 0 amide bonds. The molecule has 0 fully saturated rings. The van der Waals surface area contributed by atoms with Gasteiger partial charge in [-0.3, -0.25) is 0 Å². The molecular weight excluding hydrogens is 721 g/mol. The molecule has 0 aliphatic heterocycles. The molecule has 0 unspecified atom stereocenters. The van der Waals surface area contributed by atoms with Crippen molar-refractivity contribution in [3.05, 3.63) is 194 Å². The molecule has 0 aliphatic carbocycles. The van der Waals surface area contributed by atoms with Gasteiger partial charge in [0.2, 0.25) is 0 Å². The molecule has 2 heteroatoms. The first-order chi connectivity index (χ1) is 28.8. The fraction of sp³-hybridized carbons (Fsp3) is 0. The Morgan fingerprint density at radius 1 is 0.310 bits per heavy atom. The van der Waals surface area contributed by atoms with Gasteiger partial charge >= 0.3 is 0 Å². The second-order valence-electron chi connectivity index (χ2n) is 15.5. The lowest BCUT2D eigenvalue weighted by atomic mass is 9.84. The molecule has 58 heavy (non-hydrogen) atoms. The SMILES string of the molecule is c1ccc2c(-c3c4ccccc4c(-c4ccc5c(c4)sc4cc(-c6ccc7oc8c9ccccc9c9ccccc9c8c7c6)ccc45)c4ccccc34)cccc2c1. The number of furan rings is 1. The first-order valence-corrected chi connectivity index (χ1v) is 20.7. The van der Waals surface area contributed by atoms with Crippen molar-refractivity contribution in [2.45, 2.75) is 0 Å². The van der Waals surface area contributed by atoms with E-state index < -0.39 is 0 Å². The third-order valence-electron chi connectivity index (χ3n) is 12.4. The van der Waals surface area contributed by atoms with Crippen LogP contribution in [0.1, 0.15) is 0 Å². The highest BCUT2D eigenvalue weighted by molar-refractivity contribution is 7.25. The van der Waals surface area contributed by atoms with E-state index in [1.807, 2.05) is 11.3 Å². The van der Waals surface area contributed by atoms with Crippen LogP contribution in [0.2, 0.25) is 0 Å². The summed E-state index contributed by atoms with van der Waals surface area (Å²) in [6.07, 6.45) is 0. The molecule has 0 N–H and O–H groups in total. The van der Waals surface area contributed by atoms with Crippen LogP contribution in [-0.4, -0.2) is 0 Å². The van der Waals surface area contributed by atoms with Crippen molar-refractivity contribution in [1.82, 2.24) is 0 Å². The van der Waals surface area contributed by atoms with Crippen LogP contribution >= 0.6 is 11.3 Å². The Balaban J connectivity index is 0.977. The standard InChI is InChI=1S/C56H32OS/c1-2-14-37-33(12-1)13-11-23-42(37)54-46-20-8-6-18-44(46)53(45-19-7-9-21-47(45)54)36-25-28-41-40-27-24-35(31-51(40)58-52(41)32-36)34-26-29-50-49(30-34)55-43-17-5-3-15-38(43)39-16-4-10-22-48(39)56(55)57-50/h1-32H. The summed E-state index contributed by atoms with van der Waals surface area (Å²) in [5, 5.41) is 17.4. The van der Waals surface area contributed by atoms with Crippen molar-refractivity contribution >= 4 is 107 Å². The zero-order valence-electron chi connectivity index (χ0n) is 31.3. The minimum absolute atomic E-state index is 0.918. The summed E-state index contributed by atoms with van der Waals surface area (Å²) in [6.45, 7) is 0. The van der Waals surface area contributed by atoms with E-state index in [0.717, 1.165) is 21.9 Å². The Labute approximate surface area is 337 Å². The molecule has 2 heterocycles. The predicted molar refractivity (Wildman–Crippen MR) is 250 cm³/mol. The summed E-state index contributed by atoms with van der Waals surface area (Å²) in [7, 11) is 0. The van der Waals surface area contributed by atoms with Crippen LogP contribution in [0.3, 0.4) is 0 Å². The minimum Gasteiger partial charge on any atom is -0.455 e. The Bertz CT molecular complexity index is 3800. The molecule has 0 saturated heterocycles. The van der Waals surface area contributed by atoms with Crippen LogP contribution in [0.25, 0.3) is 129 Å². The summed E-state index contributed by atoms with van der Waals surface area (Å²) in [6, 6.07) is 71.4. The third kappa shape index (κ3) is 4.52. The van der Waals surface area contributed by atoms with Gasteiger partial charge in [0, 0.05) is 36.3 Å². The van der Waals surface area contributed by atoms with Gasteiger partial charge in [-0.05, 0) is 106 Å². The molecule has 0 radical (unpaired) electrons. The van der Waals surface area contributed by atoms with Gasteiger partial charge in [-0.1, -0.05) is 170 Å². The van der Waals surface area contributed by atoms with Gasteiger partial charge in [-0.15, -0.1) is 11.3 Å². The van der Waals surface area contributed by atoms with Crippen molar-refractivity contribution in [3.63, 3.8) is 0 Å². The summed E-state index contributed by atoms with van der Waals surface area (Å²) in [5.74, 6) is 0. The van der Waals surface area contributed by atoms with Gasteiger partial charge < -0.3 is 4.42 Å². The lowest BCUT2D eigenvalue weighted by Gasteiger charge is -2.18. The summed E-state index contributed by atoms with van der Waals surface area (Å²) >= 11 is 1.88. The van der Waals surface area contributed by atoms with E-state index in [0.29, 0.717) is 0 Å². The molecule has 13 aromatic rings. The Morgan fingerprint density at radius 2 is 0.810 bits per heavy atom. The first-order valence-electron chi connectivity index (χ1n) is 19.9. The van der Waals surface area contributed by atoms with Crippen molar-refractivity contribution in [3.8, 4) is 33.4 Å².